The van der Waals surface area contributed by atoms with Crippen molar-refractivity contribution in [3.8, 4) is 0 Å². The lowest BCUT2D eigenvalue weighted by molar-refractivity contribution is 0.183. The molecule has 1 aliphatic rings. The molecule has 2 atom stereocenters. The maximum atomic E-state index is 5.41. The predicted molar refractivity (Wildman–Crippen MR) is 72.8 cm³/mol. The Bertz CT molecular complexity index is 366. The normalized spacial score (nSPS) is 20.7. The fraction of sp³-hybridized carbons (Fsp3) is 0.692. The zero-order chi connectivity index (χ0) is 12.8. The second-order valence-corrected chi connectivity index (χ2v) is 4.75. The first-order valence-electron chi connectivity index (χ1n) is 6.70. The molecule has 2 heterocycles. The van der Waals surface area contributed by atoms with Crippen LogP contribution in [0.15, 0.2) is 12.3 Å². The van der Waals surface area contributed by atoms with Gasteiger partial charge in [0.15, 0.2) is 0 Å². The van der Waals surface area contributed by atoms with Crippen LogP contribution in [-0.2, 0) is 4.74 Å². The van der Waals surface area contributed by atoms with E-state index in [4.69, 9.17) is 4.74 Å². The monoisotopic (exact) mass is 250 g/mol. The SMILES string of the molecule is CCCNc1nccc(NC(C)C2CCOC2)n1. The number of nitrogens with one attached hydrogen (secondary N) is 2. The molecule has 5 nitrogen and oxygen atoms in total. The number of rotatable bonds is 6. The summed E-state index contributed by atoms with van der Waals surface area (Å²) in [7, 11) is 0. The minimum Gasteiger partial charge on any atom is -0.381 e. The highest BCUT2D eigenvalue weighted by atomic mass is 16.5. The van der Waals surface area contributed by atoms with Gasteiger partial charge in [0.05, 0.1) is 6.61 Å². The molecule has 2 unspecified atom stereocenters. The molecule has 18 heavy (non-hydrogen) atoms. The van der Waals surface area contributed by atoms with Crippen LogP contribution in [0.25, 0.3) is 0 Å². The van der Waals surface area contributed by atoms with Gasteiger partial charge >= 0.3 is 0 Å². The van der Waals surface area contributed by atoms with Crippen LogP contribution in [0.2, 0.25) is 0 Å². The summed E-state index contributed by atoms with van der Waals surface area (Å²) in [5, 5.41) is 6.62. The standard InChI is InChI=1S/C13H22N4O/c1-3-6-14-13-15-7-4-12(17-13)16-10(2)11-5-8-18-9-11/h4,7,10-11H,3,5-6,8-9H2,1-2H3,(H2,14,15,16,17). The third-order valence-corrected chi connectivity index (χ3v) is 3.24. The van der Waals surface area contributed by atoms with Crippen molar-refractivity contribution in [2.45, 2.75) is 32.7 Å². The van der Waals surface area contributed by atoms with E-state index in [0.29, 0.717) is 17.9 Å². The fourth-order valence-corrected chi connectivity index (χ4v) is 2.06. The molecule has 2 rings (SSSR count). The molecule has 1 aliphatic heterocycles. The van der Waals surface area contributed by atoms with Gasteiger partial charge in [-0.3, -0.25) is 0 Å². The summed E-state index contributed by atoms with van der Waals surface area (Å²) in [6.45, 7) is 6.93. The largest absolute Gasteiger partial charge is 0.381 e. The van der Waals surface area contributed by atoms with Crippen LogP contribution in [-0.4, -0.2) is 35.8 Å². The van der Waals surface area contributed by atoms with Crippen LogP contribution >= 0.6 is 0 Å². The summed E-state index contributed by atoms with van der Waals surface area (Å²) < 4.78 is 5.41. The predicted octanol–water partition coefficient (Wildman–Crippen LogP) is 2.14. The van der Waals surface area contributed by atoms with Gasteiger partial charge in [0, 0.05) is 31.3 Å². The van der Waals surface area contributed by atoms with Crippen LogP contribution < -0.4 is 10.6 Å². The van der Waals surface area contributed by atoms with Gasteiger partial charge in [-0.15, -0.1) is 0 Å². The fourth-order valence-electron chi connectivity index (χ4n) is 2.06. The summed E-state index contributed by atoms with van der Waals surface area (Å²) in [6, 6.07) is 2.28. The molecule has 100 valence electrons. The first-order valence-corrected chi connectivity index (χ1v) is 6.70. The minimum atomic E-state index is 0.376. The Kier molecular flexibility index (Phi) is 4.75. The quantitative estimate of drug-likeness (QED) is 0.810. The second kappa shape index (κ2) is 6.54. The van der Waals surface area contributed by atoms with E-state index < -0.39 is 0 Å². The highest BCUT2D eigenvalue weighted by Crippen LogP contribution is 2.19. The average molecular weight is 250 g/mol. The van der Waals surface area contributed by atoms with E-state index in [1.807, 2.05) is 6.07 Å². The summed E-state index contributed by atoms with van der Waals surface area (Å²) in [4.78, 5) is 8.64. The third kappa shape index (κ3) is 3.57. The molecular weight excluding hydrogens is 228 g/mol. The van der Waals surface area contributed by atoms with E-state index in [0.717, 1.165) is 38.4 Å². The lowest BCUT2D eigenvalue weighted by atomic mass is 10.0. The molecule has 0 spiro atoms. The molecule has 0 amide bonds. The molecule has 0 radical (unpaired) electrons. The number of nitrogens with zero attached hydrogens (tertiary/aromatic N) is 2. The van der Waals surface area contributed by atoms with Crippen molar-refractivity contribution in [2.24, 2.45) is 5.92 Å². The van der Waals surface area contributed by atoms with E-state index >= 15 is 0 Å². The summed E-state index contributed by atoms with van der Waals surface area (Å²) in [6.07, 6.45) is 3.97. The molecule has 0 saturated carbocycles. The lowest BCUT2D eigenvalue weighted by Gasteiger charge is -2.19. The van der Waals surface area contributed by atoms with Gasteiger partial charge in [0.1, 0.15) is 5.82 Å². The van der Waals surface area contributed by atoms with Gasteiger partial charge < -0.3 is 15.4 Å². The zero-order valence-electron chi connectivity index (χ0n) is 11.1. The molecule has 2 N–H and O–H groups in total. The van der Waals surface area contributed by atoms with Gasteiger partial charge in [-0.1, -0.05) is 6.92 Å². The molecule has 1 aromatic rings. The zero-order valence-corrected chi connectivity index (χ0v) is 11.1. The van der Waals surface area contributed by atoms with Crippen molar-refractivity contribution in [1.29, 1.82) is 0 Å². The van der Waals surface area contributed by atoms with Gasteiger partial charge in [-0.2, -0.15) is 4.98 Å². The van der Waals surface area contributed by atoms with Crippen LogP contribution in [0.3, 0.4) is 0 Å². The molecule has 5 heteroatoms. The van der Waals surface area contributed by atoms with E-state index in [9.17, 15) is 0 Å². The van der Waals surface area contributed by atoms with E-state index in [1.54, 1.807) is 6.20 Å². The maximum Gasteiger partial charge on any atom is 0.224 e. The third-order valence-electron chi connectivity index (χ3n) is 3.24. The summed E-state index contributed by atoms with van der Waals surface area (Å²) in [5.74, 6) is 2.15. The Morgan fingerprint density at radius 3 is 3.17 bits per heavy atom. The van der Waals surface area contributed by atoms with Gasteiger partial charge in [-0.05, 0) is 25.8 Å². The number of anilines is 2. The second-order valence-electron chi connectivity index (χ2n) is 4.75. The average Bonchev–Trinajstić information content (AvgIpc) is 2.91. The minimum absolute atomic E-state index is 0.376. The smallest absolute Gasteiger partial charge is 0.224 e. The van der Waals surface area contributed by atoms with E-state index in [2.05, 4.69) is 34.4 Å². The summed E-state index contributed by atoms with van der Waals surface area (Å²) >= 11 is 0. The molecule has 0 bridgehead atoms. The Labute approximate surface area is 108 Å². The van der Waals surface area contributed by atoms with E-state index in [-0.39, 0.29) is 0 Å². The van der Waals surface area contributed by atoms with Crippen molar-refractivity contribution in [2.75, 3.05) is 30.4 Å². The number of hydrogen-bond acceptors (Lipinski definition) is 5. The van der Waals surface area contributed by atoms with Gasteiger partial charge in [0.25, 0.3) is 0 Å². The Hall–Kier alpha value is -1.36. The molecule has 1 saturated heterocycles. The van der Waals surface area contributed by atoms with Crippen LogP contribution in [0.4, 0.5) is 11.8 Å². The van der Waals surface area contributed by atoms with Crippen molar-refractivity contribution in [3.63, 3.8) is 0 Å². The summed E-state index contributed by atoms with van der Waals surface area (Å²) in [5.41, 5.74) is 0. The van der Waals surface area contributed by atoms with Gasteiger partial charge in [0.2, 0.25) is 5.95 Å². The van der Waals surface area contributed by atoms with E-state index in [1.165, 1.54) is 0 Å². The van der Waals surface area contributed by atoms with Crippen molar-refractivity contribution >= 4 is 11.8 Å². The van der Waals surface area contributed by atoms with Gasteiger partial charge in [-0.25, -0.2) is 4.98 Å². The number of hydrogen-bond donors (Lipinski definition) is 2. The maximum absolute atomic E-state index is 5.41. The first kappa shape index (κ1) is 13.1. The highest BCUT2D eigenvalue weighted by molar-refractivity contribution is 5.40. The Balaban J connectivity index is 1.91. The van der Waals surface area contributed by atoms with Crippen molar-refractivity contribution in [1.82, 2.24) is 9.97 Å². The molecule has 1 fully saturated rings. The molecular formula is C13H22N4O. The lowest BCUT2D eigenvalue weighted by Crippen LogP contribution is -2.26. The molecule has 0 aromatic carbocycles. The van der Waals surface area contributed by atoms with Crippen molar-refractivity contribution < 1.29 is 4.74 Å². The van der Waals surface area contributed by atoms with Crippen LogP contribution in [0, 0.1) is 5.92 Å². The van der Waals surface area contributed by atoms with Crippen LogP contribution in [0.1, 0.15) is 26.7 Å². The number of aromatic nitrogens is 2. The number of ether oxygens (including phenoxy) is 1. The topological polar surface area (TPSA) is 59.1 Å². The highest BCUT2D eigenvalue weighted by Gasteiger charge is 2.22. The molecule has 0 aliphatic carbocycles. The molecule has 1 aromatic heterocycles. The Morgan fingerprint density at radius 2 is 2.44 bits per heavy atom. The first-order chi connectivity index (χ1) is 8.79. The van der Waals surface area contributed by atoms with Crippen molar-refractivity contribution in [3.05, 3.63) is 12.3 Å². The Morgan fingerprint density at radius 1 is 1.56 bits per heavy atom. The van der Waals surface area contributed by atoms with Crippen LogP contribution in [0.5, 0.6) is 0 Å².